The van der Waals surface area contributed by atoms with Gasteiger partial charge in [-0.15, -0.1) is 0 Å². The van der Waals surface area contributed by atoms with Gasteiger partial charge in [-0.3, -0.25) is 0 Å². The van der Waals surface area contributed by atoms with Crippen LogP contribution in [-0.4, -0.2) is 19.9 Å². The topological polar surface area (TPSA) is 82.3 Å². The number of aromatic nitrogens is 4. The molecule has 0 unspecified atom stereocenters. The Morgan fingerprint density at radius 2 is 0.621 bits per heavy atom. The Morgan fingerprint density at radius 1 is 0.266 bits per heavy atom. The molecule has 2 aliphatic heterocycles. The fourth-order valence-electron chi connectivity index (χ4n) is 20.2. The molecule has 0 aliphatic carbocycles. The summed E-state index contributed by atoms with van der Waals surface area (Å²) in [4.78, 5) is 25.0. The lowest BCUT2D eigenvalue weighted by Gasteiger charge is -2.30. The summed E-state index contributed by atoms with van der Waals surface area (Å²) in [6, 6.07) is 119. The zero-order valence-corrected chi connectivity index (χ0v) is 71.9. The van der Waals surface area contributed by atoms with Crippen LogP contribution in [0.4, 0.5) is 34.1 Å². The lowest BCUT2D eigenvalue weighted by Crippen LogP contribution is -2.12. The van der Waals surface area contributed by atoms with Crippen LogP contribution >= 0.6 is 0 Å². The van der Waals surface area contributed by atoms with E-state index in [-0.39, 0.29) is 0 Å². The van der Waals surface area contributed by atoms with E-state index in [0.717, 1.165) is 175 Å². The number of nitrogens with zero attached hydrogens (tertiary/aromatic N) is 4. The number of benzene rings is 15. The summed E-state index contributed by atoms with van der Waals surface area (Å²) in [6.07, 6.45) is 6.64. The van der Waals surface area contributed by atoms with Crippen molar-refractivity contribution in [3.8, 4) is 56.0 Å². The molecular weight excluding hydrogens is 1510 g/mol. The van der Waals surface area contributed by atoms with Crippen LogP contribution < -0.4 is 19.3 Å². The average molecular weight is 1610 g/mol. The van der Waals surface area contributed by atoms with Gasteiger partial charge < -0.3 is 29.2 Å². The van der Waals surface area contributed by atoms with Crippen molar-refractivity contribution >= 4 is 132 Å². The summed E-state index contributed by atoms with van der Waals surface area (Å²) in [5.74, 6) is 1.60. The van der Waals surface area contributed by atoms with Gasteiger partial charge in [0, 0.05) is 55.7 Å². The van der Waals surface area contributed by atoms with Gasteiger partial charge in [0.2, 0.25) is 0 Å². The van der Waals surface area contributed by atoms with E-state index < -0.39 is 0 Å². The number of aryl methyl sites for hydroxylation is 4. The van der Waals surface area contributed by atoms with Crippen LogP contribution in [-0.2, 0) is 38.9 Å². The Labute approximate surface area is 726 Å². The summed E-state index contributed by atoms with van der Waals surface area (Å²) in [5.41, 5.74) is 36.8. The summed E-state index contributed by atoms with van der Waals surface area (Å²) in [6.45, 7) is 19.2. The first-order valence-electron chi connectivity index (χ1n) is 44.5. The molecule has 5 heterocycles. The highest BCUT2D eigenvalue weighted by atomic mass is 16.5. The molecule has 8 bridgehead atoms. The van der Waals surface area contributed by atoms with Gasteiger partial charge in [-0.2, -0.15) is 0 Å². The zero-order valence-electron chi connectivity index (χ0n) is 71.9. The van der Waals surface area contributed by atoms with Crippen LogP contribution in [0.15, 0.2) is 328 Å². The van der Waals surface area contributed by atoms with Gasteiger partial charge in [-0.1, -0.05) is 286 Å². The molecular formula is C116H100N6O2. The Bertz CT molecular complexity index is 7230. The minimum absolute atomic E-state index is 0.391. The molecule has 0 atom stereocenters. The summed E-state index contributed by atoms with van der Waals surface area (Å²) in [5, 5.41) is 12.3. The van der Waals surface area contributed by atoms with Gasteiger partial charge in [-0.05, 0) is 281 Å². The molecule has 15 aromatic carbocycles. The molecule has 124 heavy (non-hydrogen) atoms. The standard InChI is InChI=1S/C116H100N6O2/c1-9-87-91(13-5)113-111(78-54-62-85(63-55-78)123-71-73-48-52-77(53-49-73)108-97-45-31-29-43-95(97)107(75-34-21-17-22-35-75)96-44-30-32-46-98(96)108)114-92(14-6)88(10-2)102(118-114)70-104-90(12-4)94(16-8)116(120-104)112(115-93(15-7)89(11-3)103(119-115)69-101(87)117-113)79-56-64-86(65-57-79)124-72-74-50-60-84(61-51-74)122(83-41-27-20-28-42-83)106-68-80-59-67-105(100-66-58-76-36-33-47-99(106)109(76)110(80)100)121(81-37-23-18-24-38-81)82-39-25-19-26-40-82/h17-70,117,120H,9-16,71-72H2,1-8H3. The van der Waals surface area contributed by atoms with E-state index in [1.54, 1.807) is 0 Å². The third-order valence-electron chi connectivity index (χ3n) is 25.9. The second-order valence-corrected chi connectivity index (χ2v) is 32.7. The molecule has 20 rings (SSSR count). The van der Waals surface area contributed by atoms with E-state index in [2.05, 4.69) is 403 Å². The Hall–Kier alpha value is -14.3. The molecule has 606 valence electrons. The van der Waals surface area contributed by atoms with Gasteiger partial charge in [0.15, 0.2) is 0 Å². The summed E-state index contributed by atoms with van der Waals surface area (Å²) in [7, 11) is 0. The van der Waals surface area contributed by atoms with Gasteiger partial charge in [0.1, 0.15) is 24.7 Å². The molecule has 3 aromatic heterocycles. The molecule has 0 saturated carbocycles. The van der Waals surface area contributed by atoms with Crippen molar-refractivity contribution in [3.63, 3.8) is 0 Å². The normalized spacial score (nSPS) is 12.3. The number of rotatable bonds is 24. The number of hydrogen-bond acceptors (Lipinski definition) is 6. The van der Waals surface area contributed by atoms with Crippen molar-refractivity contribution in [2.45, 2.75) is 120 Å². The number of fused-ring (bicyclic) bond motifs is 10. The number of allylic oxidation sites excluding steroid dienone is 4. The summed E-state index contributed by atoms with van der Waals surface area (Å²) >= 11 is 0. The van der Waals surface area contributed by atoms with Crippen LogP contribution in [0.25, 0.3) is 143 Å². The second-order valence-electron chi connectivity index (χ2n) is 32.7. The maximum Gasteiger partial charge on any atom is 0.119 e. The van der Waals surface area contributed by atoms with Crippen LogP contribution in [0, 0.1) is 0 Å². The minimum atomic E-state index is 0.391. The fourth-order valence-corrected chi connectivity index (χ4v) is 20.2. The molecule has 18 aromatic rings. The van der Waals surface area contributed by atoms with Crippen molar-refractivity contribution in [1.82, 2.24) is 19.9 Å². The van der Waals surface area contributed by atoms with Crippen LogP contribution in [0.5, 0.6) is 11.5 Å². The molecule has 0 radical (unpaired) electrons. The van der Waals surface area contributed by atoms with Crippen molar-refractivity contribution < 1.29 is 9.47 Å². The first kappa shape index (κ1) is 78.2. The van der Waals surface area contributed by atoms with Crippen molar-refractivity contribution in [3.05, 3.63) is 384 Å². The lowest BCUT2D eigenvalue weighted by atomic mass is 9.86. The molecule has 0 spiro atoms. The zero-order chi connectivity index (χ0) is 84.1. The third-order valence-corrected chi connectivity index (χ3v) is 25.9. The Balaban J connectivity index is 0.635. The number of H-pyrrole nitrogens is 2. The third kappa shape index (κ3) is 13.8. The van der Waals surface area contributed by atoms with Crippen molar-refractivity contribution in [2.75, 3.05) is 9.80 Å². The number of anilines is 6. The van der Waals surface area contributed by atoms with E-state index in [1.807, 2.05) is 0 Å². The smallest absolute Gasteiger partial charge is 0.119 e. The van der Waals surface area contributed by atoms with Gasteiger partial charge >= 0.3 is 0 Å². The number of nitrogens with one attached hydrogen (secondary N) is 2. The Kier molecular flexibility index (Phi) is 21.2. The first-order chi connectivity index (χ1) is 61.2. The molecule has 0 amide bonds. The average Bonchev–Trinajstić information content (AvgIpc) is 0.870. The van der Waals surface area contributed by atoms with Gasteiger partial charge in [-0.25, -0.2) is 9.97 Å². The van der Waals surface area contributed by atoms with E-state index in [4.69, 9.17) is 19.4 Å². The number of para-hydroxylation sites is 3. The first-order valence-corrected chi connectivity index (χ1v) is 44.5. The molecule has 0 saturated heterocycles. The van der Waals surface area contributed by atoms with Crippen LogP contribution in [0.3, 0.4) is 0 Å². The monoisotopic (exact) mass is 1610 g/mol. The maximum atomic E-state index is 6.84. The number of ether oxygens (including phenoxy) is 2. The number of aromatic amines is 2. The highest BCUT2D eigenvalue weighted by Gasteiger charge is 2.30. The fraction of sp³-hybridized carbons (Fsp3) is 0.155. The molecule has 8 nitrogen and oxygen atoms in total. The second kappa shape index (κ2) is 33.6. The van der Waals surface area contributed by atoms with Gasteiger partial charge in [0.05, 0.1) is 45.2 Å². The molecule has 2 N–H and O–H groups in total. The molecule has 0 fully saturated rings. The maximum absolute atomic E-state index is 6.84. The van der Waals surface area contributed by atoms with Crippen molar-refractivity contribution in [1.29, 1.82) is 0 Å². The van der Waals surface area contributed by atoms with Crippen LogP contribution in [0.2, 0.25) is 0 Å². The lowest BCUT2D eigenvalue weighted by molar-refractivity contribution is 0.306. The van der Waals surface area contributed by atoms with Gasteiger partial charge in [0.25, 0.3) is 0 Å². The largest absolute Gasteiger partial charge is 0.489 e. The highest BCUT2D eigenvalue weighted by molar-refractivity contribution is 6.29. The molecule has 2 aliphatic rings. The predicted molar refractivity (Wildman–Crippen MR) is 525 cm³/mol. The van der Waals surface area contributed by atoms with E-state index >= 15 is 0 Å². The van der Waals surface area contributed by atoms with Crippen LogP contribution in [0.1, 0.15) is 137 Å². The predicted octanol–water partition coefficient (Wildman–Crippen LogP) is 32.0. The quantitative estimate of drug-likeness (QED) is 0.0463. The SMILES string of the molecule is CCC1=C(CC)c2nc1cc1[nH]c(c(CC)c1CC)c(-c1ccc(OCc3ccc(-c4c5ccccc5c(-c5ccccc5)c5ccccc45)cc3)cc1)c1nc(cc3[nH]c(c(CC)c3CC)c2-c2ccc(OCc3ccc(N(c4ccccc4)c4cc5ccc(N(c6ccccc6)c6ccccc6)c6ccc7cccc4c7c56)cc3)cc2)C(CC)=C1CC. The number of hydrogen-bond donors (Lipinski definition) is 2. The minimum Gasteiger partial charge on any atom is -0.489 e. The van der Waals surface area contributed by atoms with E-state index in [1.165, 1.54) is 121 Å². The Morgan fingerprint density at radius 3 is 1.06 bits per heavy atom. The van der Waals surface area contributed by atoms with E-state index in [9.17, 15) is 0 Å². The highest BCUT2D eigenvalue weighted by Crippen LogP contribution is 2.52. The van der Waals surface area contributed by atoms with E-state index in [0.29, 0.717) is 13.2 Å². The van der Waals surface area contributed by atoms with Crippen molar-refractivity contribution in [2.24, 2.45) is 0 Å². The molecule has 8 heteroatoms. The summed E-state index contributed by atoms with van der Waals surface area (Å²) < 4.78 is 13.6.